The molecule has 2 aliphatic rings. The maximum Gasteiger partial charge on any atom is 0.252 e. The molecule has 0 saturated carbocycles. The van der Waals surface area contributed by atoms with E-state index < -0.39 is 39.7 Å². The molecule has 3 aromatic rings. The molecule has 216 valence electrons. The van der Waals surface area contributed by atoms with Crippen LogP contribution in [0.2, 0.25) is 0 Å². The molecule has 0 aromatic heterocycles. The zero-order valence-corrected chi connectivity index (χ0v) is 24.7. The lowest BCUT2D eigenvalue weighted by atomic mass is 10.0. The lowest BCUT2D eigenvalue weighted by Gasteiger charge is -2.40. The van der Waals surface area contributed by atoms with Gasteiger partial charge in [-0.3, -0.25) is 14.5 Å². The van der Waals surface area contributed by atoms with Crippen molar-refractivity contribution in [3.63, 3.8) is 0 Å². The van der Waals surface area contributed by atoms with Gasteiger partial charge in [0.15, 0.2) is 0 Å². The number of hydrogen-bond donors (Lipinski definition) is 0. The van der Waals surface area contributed by atoms with E-state index in [1.165, 1.54) is 34.1 Å². The summed E-state index contributed by atoms with van der Waals surface area (Å²) in [6.07, 6.45) is 0.801. The number of anilines is 1. The van der Waals surface area contributed by atoms with Crippen molar-refractivity contribution in [3.05, 3.63) is 94.3 Å². The van der Waals surface area contributed by atoms with Crippen LogP contribution in [0.1, 0.15) is 47.1 Å². The monoisotopic (exact) mass is 577 g/mol. The summed E-state index contributed by atoms with van der Waals surface area (Å²) in [4.78, 5) is 30.6. The summed E-state index contributed by atoms with van der Waals surface area (Å²) in [7, 11) is -4.18. The number of piperidine rings is 1. The Bertz CT molecular complexity index is 1540. The molecule has 5 rings (SSSR count). The number of hydrogen-bond acceptors (Lipinski definition) is 5. The number of carbonyl (C=O) groups is 2. The van der Waals surface area contributed by atoms with Gasteiger partial charge in [-0.2, -0.15) is 4.31 Å². The second-order valence-corrected chi connectivity index (χ2v) is 13.0. The molecule has 2 heterocycles. The molecule has 2 fully saturated rings. The standard InChI is InChI=1S/C32H36FN3O4S/c1-21-18-22(2)24(4)31(23(21)3)41(39,40)36(28-14-16-34(17-15-28)20-25-8-6-5-7-9-25)29-19-30(37)35(32(29)38)27-12-10-26(33)11-13-27/h5-13,18,28-29H,14-17,19-20H2,1-4H3. The van der Waals surface area contributed by atoms with Gasteiger partial charge in [-0.05, 0) is 92.6 Å². The third kappa shape index (κ3) is 5.58. The zero-order valence-electron chi connectivity index (χ0n) is 23.9. The summed E-state index contributed by atoms with van der Waals surface area (Å²) in [6, 6.07) is 15.6. The van der Waals surface area contributed by atoms with Gasteiger partial charge in [0.05, 0.1) is 17.0 Å². The van der Waals surface area contributed by atoms with E-state index in [1.807, 2.05) is 38.1 Å². The topological polar surface area (TPSA) is 78.0 Å². The van der Waals surface area contributed by atoms with Gasteiger partial charge in [-0.25, -0.2) is 17.7 Å². The summed E-state index contributed by atoms with van der Waals surface area (Å²) in [5.74, 6) is -1.59. The number of likely N-dealkylation sites (tertiary alicyclic amines) is 1. The number of benzene rings is 3. The van der Waals surface area contributed by atoms with Crippen LogP contribution in [0.3, 0.4) is 0 Å². The minimum Gasteiger partial charge on any atom is -0.299 e. The van der Waals surface area contributed by atoms with Gasteiger partial charge in [-0.1, -0.05) is 36.4 Å². The average molecular weight is 578 g/mol. The van der Waals surface area contributed by atoms with Crippen LogP contribution >= 0.6 is 0 Å². The average Bonchev–Trinajstić information content (AvgIpc) is 3.22. The van der Waals surface area contributed by atoms with Crippen LogP contribution in [0.4, 0.5) is 10.1 Å². The highest BCUT2D eigenvalue weighted by Crippen LogP contribution is 2.37. The number of halogens is 1. The molecule has 41 heavy (non-hydrogen) atoms. The third-order valence-corrected chi connectivity index (χ3v) is 10.7. The van der Waals surface area contributed by atoms with Crippen LogP contribution < -0.4 is 4.90 Å². The first-order valence-electron chi connectivity index (χ1n) is 14.0. The lowest BCUT2D eigenvalue weighted by Crippen LogP contribution is -2.54. The van der Waals surface area contributed by atoms with E-state index in [0.29, 0.717) is 37.1 Å². The third-order valence-electron chi connectivity index (χ3n) is 8.51. The van der Waals surface area contributed by atoms with E-state index in [9.17, 15) is 22.4 Å². The molecular formula is C32H36FN3O4S. The van der Waals surface area contributed by atoms with E-state index in [0.717, 1.165) is 22.6 Å². The first-order valence-corrected chi connectivity index (χ1v) is 15.4. The van der Waals surface area contributed by atoms with Crippen LogP contribution in [-0.2, 0) is 26.2 Å². The maximum atomic E-state index is 14.7. The Hall–Kier alpha value is -3.40. The van der Waals surface area contributed by atoms with Crippen molar-refractivity contribution in [1.82, 2.24) is 9.21 Å². The van der Waals surface area contributed by atoms with E-state index in [-0.39, 0.29) is 17.0 Å². The first-order chi connectivity index (χ1) is 19.5. The Balaban J connectivity index is 1.52. The summed E-state index contributed by atoms with van der Waals surface area (Å²) in [5.41, 5.74) is 4.41. The summed E-state index contributed by atoms with van der Waals surface area (Å²) in [5, 5.41) is 0. The molecule has 0 N–H and O–H groups in total. The fourth-order valence-electron chi connectivity index (χ4n) is 6.14. The minimum absolute atomic E-state index is 0.210. The summed E-state index contributed by atoms with van der Waals surface area (Å²) in [6.45, 7) is 9.43. The van der Waals surface area contributed by atoms with Gasteiger partial charge in [-0.15, -0.1) is 0 Å². The number of rotatable bonds is 7. The van der Waals surface area contributed by atoms with E-state index >= 15 is 0 Å². The largest absolute Gasteiger partial charge is 0.299 e. The Morgan fingerprint density at radius 1 is 0.878 bits per heavy atom. The number of nitrogens with zero attached hydrogens (tertiary/aromatic N) is 3. The van der Waals surface area contributed by atoms with E-state index in [1.54, 1.807) is 13.8 Å². The van der Waals surface area contributed by atoms with Crippen molar-refractivity contribution in [2.75, 3.05) is 18.0 Å². The molecule has 2 saturated heterocycles. The summed E-state index contributed by atoms with van der Waals surface area (Å²) < 4.78 is 44.2. The van der Waals surface area contributed by atoms with Crippen molar-refractivity contribution in [1.29, 1.82) is 0 Å². The van der Waals surface area contributed by atoms with Crippen molar-refractivity contribution in [3.8, 4) is 0 Å². The van der Waals surface area contributed by atoms with Crippen molar-refractivity contribution < 1.29 is 22.4 Å². The van der Waals surface area contributed by atoms with E-state index in [2.05, 4.69) is 17.0 Å². The fraction of sp³-hybridized carbons (Fsp3) is 0.375. The van der Waals surface area contributed by atoms with Crippen molar-refractivity contribution >= 4 is 27.5 Å². The number of aryl methyl sites for hydroxylation is 2. The fourth-order valence-corrected chi connectivity index (χ4v) is 8.55. The molecular weight excluding hydrogens is 541 g/mol. The maximum absolute atomic E-state index is 14.7. The predicted molar refractivity (Wildman–Crippen MR) is 156 cm³/mol. The highest BCUT2D eigenvalue weighted by molar-refractivity contribution is 7.89. The van der Waals surface area contributed by atoms with Gasteiger partial charge in [0.2, 0.25) is 15.9 Å². The van der Waals surface area contributed by atoms with Crippen LogP contribution in [0.5, 0.6) is 0 Å². The molecule has 9 heteroatoms. The molecule has 7 nitrogen and oxygen atoms in total. The molecule has 0 bridgehead atoms. The molecule has 2 aliphatic heterocycles. The Kier molecular flexibility index (Phi) is 8.14. The van der Waals surface area contributed by atoms with Crippen molar-refractivity contribution in [2.45, 2.75) is 70.5 Å². The smallest absolute Gasteiger partial charge is 0.252 e. The number of amides is 2. The number of sulfonamides is 1. The molecule has 0 radical (unpaired) electrons. The number of carbonyl (C=O) groups excluding carboxylic acids is 2. The second-order valence-electron chi connectivity index (χ2n) is 11.2. The Morgan fingerprint density at radius 2 is 1.46 bits per heavy atom. The van der Waals surface area contributed by atoms with Gasteiger partial charge < -0.3 is 0 Å². The van der Waals surface area contributed by atoms with E-state index in [4.69, 9.17) is 0 Å². The molecule has 3 aromatic carbocycles. The van der Waals surface area contributed by atoms with Gasteiger partial charge in [0, 0.05) is 25.7 Å². The molecule has 2 amide bonds. The predicted octanol–water partition coefficient (Wildman–Crippen LogP) is 5.05. The van der Waals surface area contributed by atoms with Crippen molar-refractivity contribution in [2.24, 2.45) is 0 Å². The molecule has 0 spiro atoms. The number of imide groups is 1. The molecule has 0 aliphatic carbocycles. The minimum atomic E-state index is -4.18. The normalized spacial score (nSPS) is 19.0. The summed E-state index contributed by atoms with van der Waals surface area (Å²) >= 11 is 0. The van der Waals surface area contributed by atoms with Crippen LogP contribution in [-0.4, -0.2) is 54.6 Å². The highest BCUT2D eigenvalue weighted by atomic mass is 32.2. The SMILES string of the molecule is Cc1cc(C)c(C)c(S(=O)(=O)N(C2CCN(Cc3ccccc3)CC2)C2CC(=O)N(c3ccc(F)cc3)C2=O)c1C. The van der Waals surface area contributed by atoms with Gasteiger partial charge in [0.25, 0.3) is 5.91 Å². The van der Waals surface area contributed by atoms with Crippen LogP contribution in [0, 0.1) is 33.5 Å². The Labute approximate surface area is 241 Å². The highest BCUT2D eigenvalue weighted by Gasteiger charge is 2.50. The van der Waals surface area contributed by atoms with Gasteiger partial charge >= 0.3 is 0 Å². The molecule has 1 atom stereocenters. The van der Waals surface area contributed by atoms with Gasteiger partial charge in [0.1, 0.15) is 11.9 Å². The first kappa shape index (κ1) is 29.1. The zero-order chi connectivity index (χ0) is 29.5. The van der Waals surface area contributed by atoms with Crippen LogP contribution in [0.25, 0.3) is 0 Å². The van der Waals surface area contributed by atoms with Crippen LogP contribution in [0.15, 0.2) is 65.6 Å². The quantitative estimate of drug-likeness (QED) is 0.368. The molecule has 1 unspecified atom stereocenters. The second kappa shape index (κ2) is 11.5. The Morgan fingerprint density at radius 3 is 2.05 bits per heavy atom. The lowest BCUT2D eigenvalue weighted by molar-refractivity contribution is -0.122.